The molecule has 23 heavy (non-hydrogen) atoms. The summed E-state index contributed by atoms with van der Waals surface area (Å²) in [6, 6.07) is 4.69. The molecule has 4 nitrogen and oxygen atoms in total. The van der Waals surface area contributed by atoms with Crippen molar-refractivity contribution < 1.29 is 8.81 Å². The summed E-state index contributed by atoms with van der Waals surface area (Å²) in [6.45, 7) is 5.40. The van der Waals surface area contributed by atoms with Crippen LogP contribution in [0.2, 0.25) is 0 Å². The summed E-state index contributed by atoms with van der Waals surface area (Å²) in [5.74, 6) is -0.166. The Labute approximate surface area is 132 Å². The van der Waals surface area contributed by atoms with Gasteiger partial charge in [0.2, 0.25) is 0 Å². The Morgan fingerprint density at radius 3 is 2.61 bits per heavy atom. The molecule has 0 saturated heterocycles. The Bertz CT molecular complexity index is 961. The van der Waals surface area contributed by atoms with Crippen molar-refractivity contribution in [3.8, 4) is 11.3 Å². The van der Waals surface area contributed by atoms with Crippen LogP contribution in [0.25, 0.3) is 22.3 Å². The van der Waals surface area contributed by atoms with E-state index in [-0.39, 0.29) is 11.5 Å². The third-order valence-electron chi connectivity index (χ3n) is 3.85. The molecule has 0 aliphatic heterocycles. The third-order valence-corrected chi connectivity index (χ3v) is 3.85. The summed E-state index contributed by atoms with van der Waals surface area (Å²) in [4.78, 5) is 16.5. The highest BCUT2D eigenvalue weighted by atomic mass is 19.1. The van der Waals surface area contributed by atoms with Crippen LogP contribution in [0, 0.1) is 19.7 Å². The van der Waals surface area contributed by atoms with E-state index in [4.69, 9.17) is 10.2 Å². The van der Waals surface area contributed by atoms with Crippen molar-refractivity contribution in [3.63, 3.8) is 0 Å². The van der Waals surface area contributed by atoms with E-state index in [1.54, 1.807) is 13.0 Å². The van der Waals surface area contributed by atoms with Crippen LogP contribution in [0.3, 0.4) is 0 Å². The summed E-state index contributed by atoms with van der Waals surface area (Å²) < 4.78 is 19.4. The molecule has 1 atom stereocenters. The van der Waals surface area contributed by atoms with Crippen molar-refractivity contribution in [1.82, 2.24) is 4.98 Å². The second-order valence-electron chi connectivity index (χ2n) is 5.80. The lowest BCUT2D eigenvalue weighted by molar-refractivity contribution is 0.597. The SMILES string of the molecule is Cc1cc([C@@H](C)N)c2oc(-c3cncc(F)c3)c(C)c(=O)c2c1. The zero-order valence-corrected chi connectivity index (χ0v) is 13.2. The largest absolute Gasteiger partial charge is 0.455 e. The first-order chi connectivity index (χ1) is 10.9. The topological polar surface area (TPSA) is 69.1 Å². The molecule has 2 aromatic heterocycles. The number of hydrogen-bond acceptors (Lipinski definition) is 4. The Morgan fingerprint density at radius 1 is 1.22 bits per heavy atom. The fourth-order valence-electron chi connectivity index (χ4n) is 2.72. The number of nitrogens with two attached hydrogens (primary N) is 1. The van der Waals surface area contributed by atoms with Gasteiger partial charge in [-0.25, -0.2) is 4.39 Å². The van der Waals surface area contributed by atoms with Gasteiger partial charge >= 0.3 is 0 Å². The summed E-state index contributed by atoms with van der Waals surface area (Å²) in [5, 5.41) is 0.489. The van der Waals surface area contributed by atoms with Gasteiger partial charge in [-0.2, -0.15) is 0 Å². The van der Waals surface area contributed by atoms with E-state index in [9.17, 15) is 9.18 Å². The normalized spacial score (nSPS) is 12.6. The van der Waals surface area contributed by atoms with E-state index in [0.29, 0.717) is 27.9 Å². The van der Waals surface area contributed by atoms with Gasteiger partial charge in [-0.3, -0.25) is 9.78 Å². The van der Waals surface area contributed by atoms with Crippen LogP contribution in [0.15, 0.2) is 39.8 Å². The molecular weight excluding hydrogens is 295 g/mol. The van der Waals surface area contributed by atoms with Crippen LogP contribution in [-0.2, 0) is 0 Å². The maximum absolute atomic E-state index is 13.5. The summed E-state index contributed by atoms with van der Waals surface area (Å²) in [5.41, 5.74) is 8.86. The molecule has 2 N–H and O–H groups in total. The molecule has 0 aliphatic rings. The molecular formula is C18H17FN2O2. The first-order valence-electron chi connectivity index (χ1n) is 7.33. The van der Waals surface area contributed by atoms with E-state index in [1.807, 2.05) is 19.9 Å². The van der Waals surface area contributed by atoms with Gasteiger partial charge in [0, 0.05) is 28.9 Å². The highest BCUT2D eigenvalue weighted by Gasteiger charge is 2.17. The summed E-state index contributed by atoms with van der Waals surface area (Å²) in [6.07, 6.45) is 2.58. The van der Waals surface area contributed by atoms with Gasteiger partial charge in [0.1, 0.15) is 17.2 Å². The lowest BCUT2D eigenvalue weighted by atomic mass is 10.00. The number of nitrogens with zero attached hydrogens (tertiary/aromatic N) is 1. The Hall–Kier alpha value is -2.53. The van der Waals surface area contributed by atoms with Gasteiger partial charge in [-0.15, -0.1) is 0 Å². The minimum absolute atomic E-state index is 0.142. The zero-order valence-electron chi connectivity index (χ0n) is 13.2. The number of aromatic nitrogens is 1. The highest BCUT2D eigenvalue weighted by Crippen LogP contribution is 2.30. The molecule has 0 amide bonds. The molecule has 3 aromatic rings. The molecule has 0 saturated carbocycles. The Kier molecular flexibility index (Phi) is 3.74. The predicted molar refractivity (Wildman–Crippen MR) is 87.7 cm³/mol. The van der Waals surface area contributed by atoms with Gasteiger partial charge < -0.3 is 10.2 Å². The number of fused-ring (bicyclic) bond motifs is 1. The monoisotopic (exact) mass is 312 g/mol. The van der Waals surface area contributed by atoms with Crippen LogP contribution in [0.4, 0.5) is 4.39 Å². The molecule has 118 valence electrons. The van der Waals surface area contributed by atoms with Gasteiger partial charge in [0.05, 0.1) is 11.6 Å². The standard InChI is InChI=1S/C18H17FN2O2/c1-9-4-14(11(3)20)18-15(5-9)16(22)10(2)17(23-18)12-6-13(19)8-21-7-12/h4-8,11H,20H2,1-3H3/t11-/m1/s1. The maximum atomic E-state index is 13.5. The fraction of sp³-hybridized carbons (Fsp3) is 0.222. The molecule has 0 bridgehead atoms. The van der Waals surface area contributed by atoms with Gasteiger partial charge in [0.15, 0.2) is 5.43 Å². The Balaban J connectivity index is 2.42. The smallest absolute Gasteiger partial charge is 0.196 e. The van der Waals surface area contributed by atoms with Crippen molar-refractivity contribution in [2.45, 2.75) is 26.8 Å². The molecule has 1 aromatic carbocycles. The minimum Gasteiger partial charge on any atom is -0.455 e. The van der Waals surface area contributed by atoms with E-state index in [2.05, 4.69) is 4.98 Å². The van der Waals surface area contributed by atoms with Crippen molar-refractivity contribution in [3.05, 3.63) is 63.3 Å². The van der Waals surface area contributed by atoms with E-state index in [0.717, 1.165) is 17.3 Å². The number of pyridine rings is 1. The molecule has 0 fully saturated rings. The molecule has 2 heterocycles. The van der Waals surface area contributed by atoms with Crippen molar-refractivity contribution in [2.75, 3.05) is 0 Å². The van der Waals surface area contributed by atoms with Gasteiger partial charge in [-0.05, 0) is 38.5 Å². The minimum atomic E-state index is -0.485. The van der Waals surface area contributed by atoms with Crippen LogP contribution in [0.5, 0.6) is 0 Å². The van der Waals surface area contributed by atoms with Gasteiger partial charge in [0.25, 0.3) is 0 Å². The first kappa shape index (κ1) is 15.4. The lowest BCUT2D eigenvalue weighted by Crippen LogP contribution is -2.12. The second-order valence-corrected chi connectivity index (χ2v) is 5.80. The summed E-state index contributed by atoms with van der Waals surface area (Å²) >= 11 is 0. The molecule has 3 rings (SSSR count). The Morgan fingerprint density at radius 2 is 1.96 bits per heavy atom. The number of aryl methyl sites for hydroxylation is 1. The van der Waals surface area contributed by atoms with Crippen molar-refractivity contribution in [2.24, 2.45) is 5.73 Å². The van der Waals surface area contributed by atoms with Crippen molar-refractivity contribution in [1.29, 1.82) is 0 Å². The molecule has 5 heteroatoms. The average molecular weight is 312 g/mol. The quantitative estimate of drug-likeness (QED) is 0.784. The van der Waals surface area contributed by atoms with Crippen molar-refractivity contribution >= 4 is 11.0 Å². The number of hydrogen-bond donors (Lipinski definition) is 1. The molecule has 0 aliphatic carbocycles. The summed E-state index contributed by atoms with van der Waals surface area (Å²) in [7, 11) is 0. The number of benzene rings is 1. The van der Waals surface area contributed by atoms with E-state index >= 15 is 0 Å². The second kappa shape index (κ2) is 5.59. The first-order valence-corrected chi connectivity index (χ1v) is 7.33. The third kappa shape index (κ3) is 2.64. The fourth-order valence-corrected chi connectivity index (χ4v) is 2.72. The van der Waals surface area contributed by atoms with E-state index in [1.165, 1.54) is 12.3 Å². The lowest BCUT2D eigenvalue weighted by Gasteiger charge is -2.13. The van der Waals surface area contributed by atoms with E-state index < -0.39 is 5.82 Å². The van der Waals surface area contributed by atoms with Crippen LogP contribution < -0.4 is 11.2 Å². The number of halogens is 1. The van der Waals surface area contributed by atoms with Crippen LogP contribution in [-0.4, -0.2) is 4.98 Å². The maximum Gasteiger partial charge on any atom is 0.196 e. The number of rotatable bonds is 2. The average Bonchev–Trinajstić information content (AvgIpc) is 2.50. The molecule has 0 spiro atoms. The highest BCUT2D eigenvalue weighted by molar-refractivity contribution is 5.84. The predicted octanol–water partition coefficient (Wildman–Crippen LogP) is 3.63. The van der Waals surface area contributed by atoms with Crippen LogP contribution in [0.1, 0.15) is 29.7 Å². The molecule has 0 radical (unpaired) electrons. The zero-order chi connectivity index (χ0) is 16.7. The van der Waals surface area contributed by atoms with Gasteiger partial charge in [-0.1, -0.05) is 6.07 Å². The molecule has 0 unspecified atom stereocenters. The van der Waals surface area contributed by atoms with Crippen LogP contribution >= 0.6 is 0 Å².